The molecule has 0 radical (unpaired) electrons. The first kappa shape index (κ1) is 18.9. The Morgan fingerprint density at radius 3 is 2.59 bits per heavy atom. The highest BCUT2D eigenvalue weighted by Gasteiger charge is 2.21. The summed E-state index contributed by atoms with van der Waals surface area (Å²) < 4.78 is 5.40. The first-order valence-corrected chi connectivity index (χ1v) is 9.48. The Kier molecular flexibility index (Phi) is 6.11. The second-order valence-corrected chi connectivity index (χ2v) is 6.78. The van der Waals surface area contributed by atoms with Gasteiger partial charge in [0.2, 0.25) is 5.95 Å². The number of nitrogens with two attached hydrogens (primary N) is 1. The first-order valence-electron chi connectivity index (χ1n) is 9.48. The fourth-order valence-corrected chi connectivity index (χ4v) is 3.36. The molecule has 144 valence electrons. The highest BCUT2D eigenvalue weighted by molar-refractivity contribution is 6.07. The van der Waals surface area contributed by atoms with E-state index in [0.717, 1.165) is 18.6 Å². The van der Waals surface area contributed by atoms with E-state index in [9.17, 15) is 4.79 Å². The molecule has 0 saturated heterocycles. The van der Waals surface area contributed by atoms with Gasteiger partial charge in [-0.1, -0.05) is 19.3 Å². The monoisotopic (exact) mass is 369 g/mol. The lowest BCUT2D eigenvalue weighted by Crippen LogP contribution is -2.34. The molecule has 1 aromatic carbocycles. The Hall–Kier alpha value is -2.83. The third-order valence-electron chi connectivity index (χ3n) is 4.91. The van der Waals surface area contributed by atoms with Crippen molar-refractivity contribution in [3.05, 3.63) is 36.0 Å². The molecule has 1 saturated carbocycles. The van der Waals surface area contributed by atoms with E-state index in [1.807, 2.05) is 14.0 Å². The topological polar surface area (TPSA) is 93.4 Å². The molecule has 1 heterocycles. The molecule has 1 aliphatic carbocycles. The van der Waals surface area contributed by atoms with Crippen molar-refractivity contribution in [3.8, 4) is 5.75 Å². The number of carbonyl (C=O) groups excluding carboxylic acids is 1. The summed E-state index contributed by atoms with van der Waals surface area (Å²) in [5, 5.41) is 2.81. The number of amides is 1. The molecule has 0 aliphatic heterocycles. The van der Waals surface area contributed by atoms with Gasteiger partial charge in [-0.05, 0) is 44.0 Å². The molecule has 1 aromatic heterocycles. The molecular formula is C20H27N5O2. The molecule has 1 amide bonds. The highest BCUT2D eigenvalue weighted by Crippen LogP contribution is 2.25. The molecule has 3 rings (SSSR count). The van der Waals surface area contributed by atoms with Crippen molar-refractivity contribution < 1.29 is 9.53 Å². The molecule has 1 fully saturated rings. The fourth-order valence-electron chi connectivity index (χ4n) is 3.36. The van der Waals surface area contributed by atoms with Crippen molar-refractivity contribution in [2.45, 2.75) is 45.1 Å². The number of benzene rings is 1. The summed E-state index contributed by atoms with van der Waals surface area (Å²) in [6, 6.07) is 7.61. The van der Waals surface area contributed by atoms with E-state index < -0.39 is 0 Å². The van der Waals surface area contributed by atoms with E-state index >= 15 is 0 Å². The van der Waals surface area contributed by atoms with Gasteiger partial charge in [0.15, 0.2) is 0 Å². The molecule has 2 aromatic rings. The van der Waals surface area contributed by atoms with E-state index in [-0.39, 0.29) is 17.3 Å². The van der Waals surface area contributed by atoms with E-state index in [2.05, 4.69) is 20.2 Å². The summed E-state index contributed by atoms with van der Waals surface area (Å²) in [6.45, 7) is 2.52. The van der Waals surface area contributed by atoms with Crippen LogP contribution in [0, 0.1) is 0 Å². The lowest BCUT2D eigenvalue weighted by atomic mass is 9.95. The number of hydrogen-bond acceptors (Lipinski definition) is 6. The minimum Gasteiger partial charge on any atom is -0.494 e. The number of hydrogen-bond donors (Lipinski definition) is 2. The van der Waals surface area contributed by atoms with Gasteiger partial charge in [0.1, 0.15) is 17.1 Å². The van der Waals surface area contributed by atoms with Crippen molar-refractivity contribution in [3.63, 3.8) is 0 Å². The summed E-state index contributed by atoms with van der Waals surface area (Å²) in [4.78, 5) is 23.3. The smallest absolute Gasteiger partial charge is 0.260 e. The van der Waals surface area contributed by atoms with E-state index in [1.54, 1.807) is 24.3 Å². The van der Waals surface area contributed by atoms with Crippen LogP contribution in [0.3, 0.4) is 0 Å². The van der Waals surface area contributed by atoms with Gasteiger partial charge in [-0.15, -0.1) is 0 Å². The van der Waals surface area contributed by atoms with Crippen LogP contribution >= 0.6 is 0 Å². The number of aromatic nitrogens is 2. The third kappa shape index (κ3) is 4.67. The minimum absolute atomic E-state index is 0.186. The van der Waals surface area contributed by atoms with E-state index in [1.165, 1.54) is 25.5 Å². The number of ether oxygens (including phenoxy) is 1. The fraction of sp³-hybridized carbons (Fsp3) is 0.450. The predicted molar refractivity (Wildman–Crippen MR) is 107 cm³/mol. The largest absolute Gasteiger partial charge is 0.494 e. The van der Waals surface area contributed by atoms with Crippen LogP contribution in [0.15, 0.2) is 30.5 Å². The maximum atomic E-state index is 12.5. The minimum atomic E-state index is -0.330. The summed E-state index contributed by atoms with van der Waals surface area (Å²) in [5.74, 6) is 1.18. The van der Waals surface area contributed by atoms with Gasteiger partial charge < -0.3 is 20.7 Å². The van der Waals surface area contributed by atoms with Crippen LogP contribution in [0.4, 0.5) is 17.5 Å². The van der Waals surface area contributed by atoms with Crippen molar-refractivity contribution in [2.75, 3.05) is 29.6 Å². The Labute approximate surface area is 159 Å². The average molecular weight is 369 g/mol. The van der Waals surface area contributed by atoms with E-state index in [4.69, 9.17) is 10.5 Å². The van der Waals surface area contributed by atoms with Crippen LogP contribution in [0.2, 0.25) is 0 Å². The van der Waals surface area contributed by atoms with Gasteiger partial charge in [0, 0.05) is 25.0 Å². The van der Waals surface area contributed by atoms with Crippen LogP contribution < -0.4 is 20.7 Å². The lowest BCUT2D eigenvalue weighted by molar-refractivity contribution is 0.102. The quantitative estimate of drug-likeness (QED) is 0.810. The van der Waals surface area contributed by atoms with Crippen molar-refractivity contribution >= 4 is 23.4 Å². The zero-order valence-corrected chi connectivity index (χ0v) is 15.9. The Balaban J connectivity index is 1.68. The normalized spacial score (nSPS) is 14.6. The molecule has 1 aliphatic rings. The zero-order chi connectivity index (χ0) is 19.2. The second kappa shape index (κ2) is 8.70. The summed E-state index contributed by atoms with van der Waals surface area (Å²) in [7, 11) is 1.99. The first-order chi connectivity index (χ1) is 13.1. The van der Waals surface area contributed by atoms with Gasteiger partial charge in [-0.2, -0.15) is 4.98 Å². The van der Waals surface area contributed by atoms with Crippen molar-refractivity contribution in [1.82, 2.24) is 9.97 Å². The number of carbonyl (C=O) groups is 1. The Bertz CT molecular complexity index is 772. The maximum absolute atomic E-state index is 12.5. The van der Waals surface area contributed by atoms with Crippen LogP contribution in [-0.4, -0.2) is 35.6 Å². The molecule has 7 nitrogen and oxygen atoms in total. The van der Waals surface area contributed by atoms with Crippen molar-refractivity contribution in [2.24, 2.45) is 0 Å². The molecule has 0 spiro atoms. The number of nitrogen functional groups attached to an aromatic ring is 1. The maximum Gasteiger partial charge on any atom is 0.260 e. The summed E-state index contributed by atoms with van der Waals surface area (Å²) in [6.07, 6.45) is 7.53. The van der Waals surface area contributed by atoms with Gasteiger partial charge >= 0.3 is 0 Å². The molecule has 0 bridgehead atoms. The number of anilines is 3. The predicted octanol–water partition coefficient (Wildman–Crippen LogP) is 3.48. The summed E-state index contributed by atoms with van der Waals surface area (Å²) in [5.41, 5.74) is 6.98. The molecule has 27 heavy (non-hydrogen) atoms. The lowest BCUT2D eigenvalue weighted by Gasteiger charge is -2.31. The Morgan fingerprint density at radius 2 is 1.96 bits per heavy atom. The second-order valence-electron chi connectivity index (χ2n) is 6.78. The van der Waals surface area contributed by atoms with Gasteiger partial charge in [-0.3, -0.25) is 4.79 Å². The van der Waals surface area contributed by atoms with Gasteiger partial charge in [-0.25, -0.2) is 4.98 Å². The van der Waals surface area contributed by atoms with Crippen molar-refractivity contribution in [1.29, 1.82) is 0 Å². The van der Waals surface area contributed by atoms with Crippen LogP contribution in [0.1, 0.15) is 49.4 Å². The molecule has 0 atom stereocenters. The highest BCUT2D eigenvalue weighted by atomic mass is 16.5. The standard InChI is InChI=1S/C20H27N5O2/c1-3-27-16-11-9-14(10-12-16)23-19(26)17-13-22-20(24-18(17)21)25(2)15-7-5-4-6-8-15/h9-13,15H,3-8H2,1-2H3,(H,23,26)(H2,21,22,24). The van der Waals surface area contributed by atoms with Crippen LogP contribution in [0.25, 0.3) is 0 Å². The van der Waals surface area contributed by atoms with E-state index in [0.29, 0.717) is 24.3 Å². The zero-order valence-electron chi connectivity index (χ0n) is 15.9. The van der Waals surface area contributed by atoms with Crippen LogP contribution in [-0.2, 0) is 0 Å². The van der Waals surface area contributed by atoms with Gasteiger partial charge in [0.05, 0.1) is 6.61 Å². The third-order valence-corrected chi connectivity index (χ3v) is 4.91. The molecule has 0 unspecified atom stereocenters. The molecule has 3 N–H and O–H groups in total. The number of nitrogens with zero attached hydrogens (tertiary/aromatic N) is 3. The molecular weight excluding hydrogens is 342 g/mol. The Morgan fingerprint density at radius 1 is 1.26 bits per heavy atom. The summed E-state index contributed by atoms with van der Waals surface area (Å²) >= 11 is 0. The average Bonchev–Trinajstić information content (AvgIpc) is 2.69. The van der Waals surface area contributed by atoms with Gasteiger partial charge in [0.25, 0.3) is 5.91 Å². The number of rotatable bonds is 6. The van der Waals surface area contributed by atoms with Crippen LogP contribution in [0.5, 0.6) is 5.75 Å². The SMILES string of the molecule is CCOc1ccc(NC(=O)c2cnc(N(C)C3CCCCC3)nc2N)cc1. The number of nitrogens with one attached hydrogen (secondary N) is 1. The molecule has 7 heteroatoms.